The van der Waals surface area contributed by atoms with Crippen molar-refractivity contribution < 1.29 is 0 Å². The van der Waals surface area contributed by atoms with E-state index < -0.39 is 0 Å². The Labute approximate surface area is 116 Å². The van der Waals surface area contributed by atoms with Gasteiger partial charge in [0.1, 0.15) is 0 Å². The van der Waals surface area contributed by atoms with Gasteiger partial charge in [0.2, 0.25) is 0 Å². The number of hydrogen-bond donors (Lipinski definition) is 1. The van der Waals surface area contributed by atoms with E-state index in [1.54, 1.807) is 0 Å². The summed E-state index contributed by atoms with van der Waals surface area (Å²) in [6.07, 6.45) is 2.66. The van der Waals surface area contributed by atoms with Crippen LogP contribution in [0.15, 0.2) is 18.2 Å². The van der Waals surface area contributed by atoms with Crippen molar-refractivity contribution in [2.75, 3.05) is 31.5 Å². The lowest BCUT2D eigenvalue weighted by molar-refractivity contribution is 0.199. The fraction of sp³-hybridized carbons (Fsp3) is 0.562. The third-order valence-corrected chi connectivity index (χ3v) is 3.98. The van der Waals surface area contributed by atoms with Crippen LogP contribution in [0.1, 0.15) is 30.9 Å². The molecule has 1 aliphatic heterocycles. The minimum Gasteiger partial charge on any atom is -0.384 e. The molecule has 1 saturated heterocycles. The van der Waals surface area contributed by atoms with Crippen LogP contribution in [-0.2, 0) is 0 Å². The van der Waals surface area contributed by atoms with Crippen molar-refractivity contribution in [1.29, 1.82) is 5.26 Å². The van der Waals surface area contributed by atoms with E-state index in [2.05, 4.69) is 29.3 Å². The summed E-state index contributed by atoms with van der Waals surface area (Å²) < 4.78 is 0. The molecule has 0 bridgehead atoms. The number of nitriles is 1. The van der Waals surface area contributed by atoms with Gasteiger partial charge in [-0.3, -0.25) is 0 Å². The summed E-state index contributed by atoms with van der Waals surface area (Å²) in [5.74, 6) is 0.894. The first-order valence-corrected chi connectivity index (χ1v) is 7.16. The van der Waals surface area contributed by atoms with E-state index in [4.69, 9.17) is 5.26 Å². The topological polar surface area (TPSA) is 39.1 Å². The van der Waals surface area contributed by atoms with Crippen molar-refractivity contribution >= 4 is 5.69 Å². The van der Waals surface area contributed by atoms with E-state index in [9.17, 15) is 0 Å². The first-order valence-electron chi connectivity index (χ1n) is 7.16. The molecule has 0 aromatic heterocycles. The van der Waals surface area contributed by atoms with E-state index in [-0.39, 0.29) is 0 Å². The largest absolute Gasteiger partial charge is 0.384 e. The first-order chi connectivity index (χ1) is 9.19. The molecule has 0 amide bonds. The van der Waals surface area contributed by atoms with Crippen molar-refractivity contribution in [3.8, 4) is 6.07 Å². The van der Waals surface area contributed by atoms with Gasteiger partial charge in [0.05, 0.1) is 11.6 Å². The van der Waals surface area contributed by atoms with Gasteiger partial charge in [0, 0.05) is 18.8 Å². The summed E-state index contributed by atoms with van der Waals surface area (Å²) in [6, 6.07) is 8.13. The monoisotopic (exact) mass is 257 g/mol. The zero-order valence-corrected chi connectivity index (χ0v) is 11.9. The summed E-state index contributed by atoms with van der Waals surface area (Å²) in [6.45, 7) is 8.86. The standard InChI is InChI=1S/C16H23N3/c1-13-5-8-19(9-6-13)10-7-18-16-4-3-15(12-17)14(2)11-16/h3-4,11,13,18H,5-10H2,1-2H3. The first kappa shape index (κ1) is 13.9. The van der Waals surface area contributed by atoms with Gasteiger partial charge in [-0.05, 0) is 62.5 Å². The molecule has 0 spiro atoms. The van der Waals surface area contributed by atoms with Crippen LogP contribution in [0.3, 0.4) is 0 Å². The number of nitrogens with one attached hydrogen (secondary N) is 1. The Morgan fingerprint density at radius 2 is 2.11 bits per heavy atom. The molecule has 1 N–H and O–H groups in total. The van der Waals surface area contributed by atoms with Gasteiger partial charge >= 0.3 is 0 Å². The Bertz CT molecular complexity index is 454. The van der Waals surface area contributed by atoms with E-state index >= 15 is 0 Å². The molecule has 0 saturated carbocycles. The van der Waals surface area contributed by atoms with Crippen LogP contribution < -0.4 is 5.32 Å². The van der Waals surface area contributed by atoms with Gasteiger partial charge in [-0.25, -0.2) is 0 Å². The number of aryl methyl sites for hydroxylation is 1. The maximum atomic E-state index is 8.90. The number of anilines is 1. The lowest BCUT2D eigenvalue weighted by atomic mass is 9.99. The van der Waals surface area contributed by atoms with E-state index in [1.807, 2.05) is 19.1 Å². The summed E-state index contributed by atoms with van der Waals surface area (Å²) in [4.78, 5) is 2.53. The molecule has 0 radical (unpaired) electrons. The van der Waals surface area contributed by atoms with E-state index in [0.717, 1.165) is 35.8 Å². The minimum absolute atomic E-state index is 0.760. The number of benzene rings is 1. The number of piperidine rings is 1. The summed E-state index contributed by atoms with van der Waals surface area (Å²) >= 11 is 0. The molecular formula is C16H23N3. The second-order valence-corrected chi connectivity index (χ2v) is 5.59. The van der Waals surface area contributed by atoms with Gasteiger partial charge in [-0.2, -0.15) is 5.26 Å². The molecule has 2 rings (SSSR count). The highest BCUT2D eigenvalue weighted by Crippen LogP contribution is 2.16. The third kappa shape index (κ3) is 3.97. The van der Waals surface area contributed by atoms with E-state index in [0.29, 0.717) is 0 Å². The SMILES string of the molecule is Cc1cc(NCCN2CCC(C)CC2)ccc1C#N. The van der Waals surface area contributed by atoms with Crippen LogP contribution in [-0.4, -0.2) is 31.1 Å². The predicted molar refractivity (Wildman–Crippen MR) is 79.2 cm³/mol. The van der Waals surface area contributed by atoms with Crippen LogP contribution in [0.2, 0.25) is 0 Å². The molecule has 3 heteroatoms. The van der Waals surface area contributed by atoms with Crippen LogP contribution >= 0.6 is 0 Å². The zero-order chi connectivity index (χ0) is 13.7. The van der Waals surface area contributed by atoms with Crippen LogP contribution in [0.4, 0.5) is 5.69 Å². The average Bonchev–Trinajstić information content (AvgIpc) is 2.41. The van der Waals surface area contributed by atoms with Crippen molar-refractivity contribution in [2.45, 2.75) is 26.7 Å². The summed E-state index contributed by atoms with van der Waals surface area (Å²) in [5, 5.41) is 12.3. The molecule has 1 heterocycles. The maximum absolute atomic E-state index is 8.90. The Balaban J connectivity index is 1.77. The Kier molecular flexibility index (Phi) is 4.81. The number of nitrogens with zero attached hydrogens (tertiary/aromatic N) is 2. The highest BCUT2D eigenvalue weighted by molar-refractivity contribution is 5.51. The number of rotatable bonds is 4. The average molecular weight is 257 g/mol. The predicted octanol–water partition coefficient (Wildman–Crippen LogP) is 3.01. The molecule has 1 aromatic carbocycles. The van der Waals surface area contributed by atoms with Gasteiger partial charge in [-0.1, -0.05) is 6.92 Å². The lowest BCUT2D eigenvalue weighted by Crippen LogP contribution is -2.36. The molecule has 1 aliphatic rings. The molecule has 0 atom stereocenters. The number of hydrogen-bond acceptors (Lipinski definition) is 3. The molecule has 19 heavy (non-hydrogen) atoms. The fourth-order valence-electron chi connectivity index (χ4n) is 2.54. The molecule has 1 fully saturated rings. The van der Waals surface area contributed by atoms with Gasteiger partial charge in [0.25, 0.3) is 0 Å². The minimum atomic E-state index is 0.760. The molecule has 0 unspecified atom stereocenters. The second-order valence-electron chi connectivity index (χ2n) is 5.59. The van der Waals surface area contributed by atoms with Crippen molar-refractivity contribution in [3.05, 3.63) is 29.3 Å². The van der Waals surface area contributed by atoms with Crippen molar-refractivity contribution in [1.82, 2.24) is 4.90 Å². The van der Waals surface area contributed by atoms with Crippen molar-refractivity contribution in [3.63, 3.8) is 0 Å². The highest BCUT2D eigenvalue weighted by atomic mass is 15.1. The molecular weight excluding hydrogens is 234 g/mol. The van der Waals surface area contributed by atoms with Crippen LogP contribution in [0.5, 0.6) is 0 Å². The second kappa shape index (κ2) is 6.58. The summed E-state index contributed by atoms with van der Waals surface area (Å²) in [5.41, 5.74) is 2.91. The van der Waals surface area contributed by atoms with Crippen molar-refractivity contribution in [2.24, 2.45) is 5.92 Å². The van der Waals surface area contributed by atoms with Gasteiger partial charge < -0.3 is 10.2 Å². The van der Waals surface area contributed by atoms with Gasteiger partial charge in [0.15, 0.2) is 0 Å². The lowest BCUT2D eigenvalue weighted by Gasteiger charge is -2.30. The smallest absolute Gasteiger partial charge is 0.0994 e. The maximum Gasteiger partial charge on any atom is 0.0994 e. The quantitative estimate of drug-likeness (QED) is 0.901. The van der Waals surface area contributed by atoms with E-state index in [1.165, 1.54) is 25.9 Å². The molecule has 3 nitrogen and oxygen atoms in total. The Hall–Kier alpha value is -1.53. The van der Waals surface area contributed by atoms with Gasteiger partial charge in [-0.15, -0.1) is 0 Å². The van der Waals surface area contributed by atoms with Crippen LogP contribution in [0.25, 0.3) is 0 Å². The normalized spacial score (nSPS) is 17.1. The molecule has 0 aliphatic carbocycles. The molecule has 1 aromatic rings. The molecule has 102 valence electrons. The fourth-order valence-corrected chi connectivity index (χ4v) is 2.54. The third-order valence-electron chi connectivity index (χ3n) is 3.98. The zero-order valence-electron chi connectivity index (χ0n) is 11.9. The van der Waals surface area contributed by atoms with Crippen LogP contribution in [0, 0.1) is 24.2 Å². The highest BCUT2D eigenvalue weighted by Gasteiger charge is 2.14. The Morgan fingerprint density at radius 1 is 1.37 bits per heavy atom. The summed E-state index contributed by atoms with van der Waals surface area (Å²) in [7, 11) is 0. The Morgan fingerprint density at radius 3 is 2.74 bits per heavy atom. The number of likely N-dealkylation sites (tertiary alicyclic amines) is 1.